The molecule has 1 aliphatic rings. The van der Waals surface area contributed by atoms with E-state index in [1.807, 2.05) is 6.07 Å². The molecular formula is C14H19BrN2O2. The number of hydrogen-bond acceptors (Lipinski definition) is 3. The maximum absolute atomic E-state index is 11.8. The molecule has 0 unspecified atom stereocenters. The number of rotatable bonds is 4. The third-order valence-electron chi connectivity index (χ3n) is 3.39. The molecule has 4 nitrogen and oxygen atoms in total. The summed E-state index contributed by atoms with van der Waals surface area (Å²) in [5.74, 6) is 0.550. The van der Waals surface area contributed by atoms with Crippen molar-refractivity contribution in [1.29, 1.82) is 0 Å². The van der Waals surface area contributed by atoms with Crippen LogP contribution in [0, 0.1) is 5.92 Å². The van der Waals surface area contributed by atoms with Gasteiger partial charge in [0.05, 0.1) is 6.10 Å². The third-order valence-corrected chi connectivity index (χ3v) is 3.86. The first-order valence-electron chi connectivity index (χ1n) is 6.66. The highest BCUT2D eigenvalue weighted by molar-refractivity contribution is 9.10. The van der Waals surface area contributed by atoms with Crippen LogP contribution in [-0.4, -0.2) is 30.1 Å². The van der Waals surface area contributed by atoms with E-state index in [9.17, 15) is 4.79 Å². The SMILES string of the molecule is C[C@H]1C[C@H](CCNC(=O)c2ccc(Br)cn2)CCO1. The number of carbonyl (C=O) groups is 1. The Morgan fingerprint density at radius 3 is 3.11 bits per heavy atom. The molecule has 2 heterocycles. The molecule has 1 aromatic heterocycles. The first kappa shape index (κ1) is 14.5. The number of hydrogen-bond donors (Lipinski definition) is 1. The Morgan fingerprint density at radius 2 is 2.42 bits per heavy atom. The molecule has 1 fully saturated rings. The van der Waals surface area contributed by atoms with Gasteiger partial charge < -0.3 is 10.1 Å². The fourth-order valence-electron chi connectivity index (χ4n) is 2.34. The monoisotopic (exact) mass is 326 g/mol. The van der Waals surface area contributed by atoms with Gasteiger partial charge in [-0.1, -0.05) is 0 Å². The van der Waals surface area contributed by atoms with Crippen molar-refractivity contribution in [2.75, 3.05) is 13.2 Å². The standard InChI is InChI=1S/C14H19BrN2O2/c1-10-8-11(5-7-19-10)4-6-16-14(18)13-3-2-12(15)9-17-13/h2-3,9-11H,4-8H2,1H3,(H,16,18)/t10-,11+/m0/s1. The maximum atomic E-state index is 11.8. The number of amides is 1. The van der Waals surface area contributed by atoms with Gasteiger partial charge in [0, 0.05) is 23.8 Å². The van der Waals surface area contributed by atoms with Crippen LogP contribution in [0.3, 0.4) is 0 Å². The van der Waals surface area contributed by atoms with E-state index >= 15 is 0 Å². The molecule has 0 saturated carbocycles. The number of nitrogens with zero attached hydrogens (tertiary/aromatic N) is 1. The van der Waals surface area contributed by atoms with Crippen LogP contribution >= 0.6 is 15.9 Å². The van der Waals surface area contributed by atoms with Crippen LogP contribution in [0.5, 0.6) is 0 Å². The Hall–Kier alpha value is -0.940. The summed E-state index contributed by atoms with van der Waals surface area (Å²) in [6, 6.07) is 3.54. The summed E-state index contributed by atoms with van der Waals surface area (Å²) < 4.78 is 6.39. The predicted molar refractivity (Wildman–Crippen MR) is 77.0 cm³/mol. The van der Waals surface area contributed by atoms with E-state index in [4.69, 9.17) is 4.74 Å². The van der Waals surface area contributed by atoms with Gasteiger partial charge in [-0.05, 0) is 60.2 Å². The highest BCUT2D eigenvalue weighted by Gasteiger charge is 2.19. The molecule has 0 bridgehead atoms. The summed E-state index contributed by atoms with van der Waals surface area (Å²) in [6.45, 7) is 3.65. The van der Waals surface area contributed by atoms with E-state index in [1.54, 1.807) is 12.3 Å². The third kappa shape index (κ3) is 4.58. The summed E-state index contributed by atoms with van der Waals surface area (Å²) >= 11 is 3.30. The Morgan fingerprint density at radius 1 is 1.58 bits per heavy atom. The zero-order valence-electron chi connectivity index (χ0n) is 11.1. The minimum absolute atomic E-state index is 0.104. The molecule has 1 aromatic rings. The van der Waals surface area contributed by atoms with E-state index in [-0.39, 0.29) is 5.91 Å². The van der Waals surface area contributed by atoms with Gasteiger partial charge in [-0.15, -0.1) is 0 Å². The number of halogens is 1. The molecular weight excluding hydrogens is 308 g/mol. The van der Waals surface area contributed by atoms with E-state index in [2.05, 4.69) is 33.2 Å². The molecule has 104 valence electrons. The number of nitrogens with one attached hydrogen (secondary N) is 1. The quantitative estimate of drug-likeness (QED) is 0.925. The topological polar surface area (TPSA) is 51.2 Å². The molecule has 0 radical (unpaired) electrons. The molecule has 1 N–H and O–H groups in total. The molecule has 0 spiro atoms. The van der Waals surface area contributed by atoms with Crippen LogP contribution in [-0.2, 0) is 4.74 Å². The van der Waals surface area contributed by atoms with Crippen molar-refractivity contribution in [2.24, 2.45) is 5.92 Å². The van der Waals surface area contributed by atoms with E-state index in [1.165, 1.54) is 0 Å². The number of ether oxygens (including phenoxy) is 1. The predicted octanol–water partition coefficient (Wildman–Crippen LogP) is 2.78. The Balaban J connectivity index is 1.73. The molecule has 1 saturated heterocycles. The maximum Gasteiger partial charge on any atom is 0.269 e. The number of pyridine rings is 1. The second kappa shape index (κ2) is 7.01. The van der Waals surface area contributed by atoms with E-state index in [0.717, 1.165) is 30.3 Å². The van der Waals surface area contributed by atoms with Crippen LogP contribution in [0.25, 0.3) is 0 Å². The first-order chi connectivity index (χ1) is 9.15. The van der Waals surface area contributed by atoms with Gasteiger partial charge in [0.1, 0.15) is 5.69 Å². The summed E-state index contributed by atoms with van der Waals surface area (Å²) in [7, 11) is 0. The van der Waals surface area contributed by atoms with Crippen molar-refractivity contribution in [3.05, 3.63) is 28.5 Å². The largest absolute Gasteiger partial charge is 0.378 e. The fourth-order valence-corrected chi connectivity index (χ4v) is 2.58. The molecule has 19 heavy (non-hydrogen) atoms. The lowest BCUT2D eigenvalue weighted by atomic mass is 9.93. The van der Waals surface area contributed by atoms with Crippen LogP contribution in [0.4, 0.5) is 0 Å². The lowest BCUT2D eigenvalue weighted by molar-refractivity contribution is 0.00109. The zero-order valence-corrected chi connectivity index (χ0v) is 12.6. The van der Waals surface area contributed by atoms with Gasteiger partial charge in [0.15, 0.2) is 0 Å². The van der Waals surface area contributed by atoms with Crippen molar-refractivity contribution in [3.8, 4) is 0 Å². The van der Waals surface area contributed by atoms with Gasteiger partial charge in [0.2, 0.25) is 0 Å². The van der Waals surface area contributed by atoms with Crippen LogP contribution in [0.1, 0.15) is 36.7 Å². The Labute approximate surface area is 122 Å². The number of aromatic nitrogens is 1. The normalized spacial score (nSPS) is 23.1. The molecule has 2 rings (SSSR count). The van der Waals surface area contributed by atoms with Crippen LogP contribution < -0.4 is 5.32 Å². The average molecular weight is 327 g/mol. The molecule has 5 heteroatoms. The Bertz CT molecular complexity index is 422. The molecule has 1 aliphatic heterocycles. The first-order valence-corrected chi connectivity index (χ1v) is 7.46. The van der Waals surface area contributed by atoms with Gasteiger partial charge >= 0.3 is 0 Å². The van der Waals surface area contributed by atoms with Gasteiger partial charge in [-0.3, -0.25) is 4.79 Å². The lowest BCUT2D eigenvalue weighted by Gasteiger charge is -2.27. The van der Waals surface area contributed by atoms with Gasteiger partial charge in [-0.25, -0.2) is 4.98 Å². The Kier molecular flexibility index (Phi) is 5.34. The molecule has 1 amide bonds. The van der Waals surface area contributed by atoms with Gasteiger partial charge in [-0.2, -0.15) is 0 Å². The van der Waals surface area contributed by atoms with Gasteiger partial charge in [0.25, 0.3) is 5.91 Å². The minimum atomic E-state index is -0.104. The van der Waals surface area contributed by atoms with E-state index in [0.29, 0.717) is 24.3 Å². The van der Waals surface area contributed by atoms with Crippen molar-refractivity contribution in [1.82, 2.24) is 10.3 Å². The fraction of sp³-hybridized carbons (Fsp3) is 0.571. The summed E-state index contributed by atoms with van der Waals surface area (Å²) in [5.41, 5.74) is 0.462. The van der Waals surface area contributed by atoms with Crippen molar-refractivity contribution >= 4 is 21.8 Å². The van der Waals surface area contributed by atoms with Crippen molar-refractivity contribution in [3.63, 3.8) is 0 Å². The molecule has 2 atom stereocenters. The second-order valence-corrected chi connectivity index (χ2v) is 5.89. The highest BCUT2D eigenvalue weighted by Crippen LogP contribution is 2.22. The summed E-state index contributed by atoms with van der Waals surface area (Å²) in [6.07, 6.45) is 5.18. The molecule has 0 aromatic carbocycles. The number of carbonyl (C=O) groups excluding carboxylic acids is 1. The minimum Gasteiger partial charge on any atom is -0.378 e. The second-order valence-electron chi connectivity index (χ2n) is 4.98. The van der Waals surface area contributed by atoms with Crippen molar-refractivity contribution < 1.29 is 9.53 Å². The van der Waals surface area contributed by atoms with Crippen molar-refractivity contribution in [2.45, 2.75) is 32.3 Å². The lowest BCUT2D eigenvalue weighted by Crippen LogP contribution is -2.29. The summed E-state index contributed by atoms with van der Waals surface area (Å²) in [5, 5.41) is 2.92. The average Bonchev–Trinajstić information content (AvgIpc) is 2.39. The zero-order chi connectivity index (χ0) is 13.7. The van der Waals surface area contributed by atoms with Crippen LogP contribution in [0.15, 0.2) is 22.8 Å². The van der Waals surface area contributed by atoms with Crippen LogP contribution in [0.2, 0.25) is 0 Å². The molecule has 0 aliphatic carbocycles. The van der Waals surface area contributed by atoms with E-state index < -0.39 is 0 Å². The highest BCUT2D eigenvalue weighted by atomic mass is 79.9. The summed E-state index contributed by atoms with van der Waals surface area (Å²) in [4.78, 5) is 15.9. The smallest absolute Gasteiger partial charge is 0.269 e.